The van der Waals surface area contributed by atoms with Crippen LogP contribution in [0.25, 0.3) is 11.3 Å². The third-order valence-corrected chi connectivity index (χ3v) is 4.48. The lowest BCUT2D eigenvalue weighted by molar-refractivity contribution is 0.152. The molecule has 1 aliphatic carbocycles. The monoisotopic (exact) mass is 285 g/mol. The highest BCUT2D eigenvalue weighted by Gasteiger charge is 2.24. The van der Waals surface area contributed by atoms with Crippen LogP contribution in [0.2, 0.25) is 0 Å². The van der Waals surface area contributed by atoms with E-state index in [1.165, 1.54) is 18.4 Å². The molecule has 112 valence electrons. The lowest BCUT2D eigenvalue weighted by Gasteiger charge is -2.31. The molecule has 1 aliphatic rings. The minimum Gasteiger partial charge on any atom is -0.396 e. The zero-order valence-corrected chi connectivity index (χ0v) is 12.3. The molecule has 4 nitrogen and oxygen atoms in total. The van der Waals surface area contributed by atoms with Gasteiger partial charge in [-0.3, -0.25) is 5.10 Å². The molecule has 3 N–H and O–H groups in total. The maximum absolute atomic E-state index is 9.49. The van der Waals surface area contributed by atoms with Gasteiger partial charge in [-0.2, -0.15) is 5.10 Å². The van der Waals surface area contributed by atoms with Crippen molar-refractivity contribution in [2.45, 2.75) is 38.3 Å². The van der Waals surface area contributed by atoms with E-state index in [4.69, 9.17) is 0 Å². The largest absolute Gasteiger partial charge is 0.396 e. The minimum atomic E-state index is 0.286. The van der Waals surface area contributed by atoms with Crippen molar-refractivity contribution < 1.29 is 5.11 Å². The predicted molar refractivity (Wildman–Crippen MR) is 83.7 cm³/mol. The lowest BCUT2D eigenvalue weighted by atomic mass is 9.85. The van der Waals surface area contributed by atoms with Gasteiger partial charge in [-0.25, -0.2) is 0 Å². The Hall–Kier alpha value is -1.65. The average molecular weight is 285 g/mol. The highest BCUT2D eigenvalue weighted by atomic mass is 16.3. The number of aromatic nitrogens is 2. The standard InChI is InChI=1S/C17H23N3O/c21-12-14-8-4-5-9-16(14)18-10-15-11-19-20-17(15)13-6-2-1-3-7-13/h1-3,6-7,11,14,16,18,21H,4-5,8-10,12H2,(H,19,20). The molecule has 1 fully saturated rings. The van der Waals surface area contributed by atoms with Gasteiger partial charge < -0.3 is 10.4 Å². The fraction of sp³-hybridized carbons (Fsp3) is 0.471. The predicted octanol–water partition coefficient (Wildman–Crippen LogP) is 2.72. The van der Waals surface area contributed by atoms with E-state index in [1.54, 1.807) is 0 Å². The molecule has 0 aliphatic heterocycles. The van der Waals surface area contributed by atoms with Crippen molar-refractivity contribution in [3.8, 4) is 11.3 Å². The Kier molecular flexibility index (Phi) is 4.68. The van der Waals surface area contributed by atoms with E-state index >= 15 is 0 Å². The highest BCUT2D eigenvalue weighted by Crippen LogP contribution is 2.25. The Morgan fingerprint density at radius 1 is 1.19 bits per heavy atom. The molecule has 3 rings (SSSR count). The average Bonchev–Trinajstić information content (AvgIpc) is 3.02. The quantitative estimate of drug-likeness (QED) is 0.791. The summed E-state index contributed by atoms with van der Waals surface area (Å²) in [5.41, 5.74) is 3.43. The van der Waals surface area contributed by atoms with Gasteiger partial charge in [0.2, 0.25) is 0 Å². The number of aromatic amines is 1. The van der Waals surface area contributed by atoms with Crippen molar-refractivity contribution in [1.29, 1.82) is 0 Å². The SMILES string of the molecule is OCC1CCCCC1NCc1cn[nH]c1-c1ccccc1. The molecule has 21 heavy (non-hydrogen) atoms. The summed E-state index contributed by atoms with van der Waals surface area (Å²) in [6, 6.07) is 10.7. The van der Waals surface area contributed by atoms with Crippen molar-refractivity contribution >= 4 is 0 Å². The zero-order chi connectivity index (χ0) is 14.5. The Balaban J connectivity index is 1.67. The number of aliphatic hydroxyl groups is 1. The molecule has 2 aromatic rings. The molecular weight excluding hydrogens is 262 g/mol. The molecule has 4 heteroatoms. The normalized spacial score (nSPS) is 22.3. The Morgan fingerprint density at radius 2 is 2.00 bits per heavy atom. The second-order valence-corrected chi connectivity index (χ2v) is 5.85. The molecule has 0 amide bonds. The molecule has 0 spiro atoms. The third-order valence-electron chi connectivity index (χ3n) is 4.48. The molecule has 0 saturated heterocycles. The molecule has 0 radical (unpaired) electrons. The van der Waals surface area contributed by atoms with E-state index < -0.39 is 0 Å². The van der Waals surface area contributed by atoms with Gasteiger partial charge in [0.05, 0.1) is 11.9 Å². The summed E-state index contributed by atoms with van der Waals surface area (Å²) in [4.78, 5) is 0. The molecule has 1 aromatic heterocycles. The van der Waals surface area contributed by atoms with Crippen molar-refractivity contribution in [1.82, 2.24) is 15.5 Å². The summed E-state index contributed by atoms with van der Waals surface area (Å²) in [5.74, 6) is 0.394. The zero-order valence-electron chi connectivity index (χ0n) is 12.3. The van der Waals surface area contributed by atoms with Gasteiger partial charge in [-0.05, 0) is 24.3 Å². The molecule has 0 bridgehead atoms. The van der Waals surface area contributed by atoms with E-state index in [0.29, 0.717) is 12.0 Å². The van der Waals surface area contributed by atoms with E-state index in [9.17, 15) is 5.11 Å². The fourth-order valence-corrected chi connectivity index (χ4v) is 3.24. The number of hydrogen-bond acceptors (Lipinski definition) is 3. The molecule has 1 heterocycles. The number of H-pyrrole nitrogens is 1. The van der Waals surface area contributed by atoms with Crippen molar-refractivity contribution in [2.75, 3.05) is 6.61 Å². The van der Waals surface area contributed by atoms with Crippen LogP contribution in [-0.4, -0.2) is 28.0 Å². The first kappa shape index (κ1) is 14.3. The van der Waals surface area contributed by atoms with Gasteiger partial charge >= 0.3 is 0 Å². The van der Waals surface area contributed by atoms with Crippen molar-refractivity contribution in [3.63, 3.8) is 0 Å². The molecule has 2 unspecified atom stereocenters. The lowest BCUT2D eigenvalue weighted by Crippen LogP contribution is -2.39. The Bertz CT molecular complexity index is 552. The Labute approximate surface area is 125 Å². The van der Waals surface area contributed by atoms with Crippen LogP contribution in [0.4, 0.5) is 0 Å². The van der Waals surface area contributed by atoms with E-state index in [2.05, 4.69) is 27.6 Å². The summed E-state index contributed by atoms with van der Waals surface area (Å²) in [7, 11) is 0. The van der Waals surface area contributed by atoms with Gasteiger partial charge in [-0.15, -0.1) is 0 Å². The second-order valence-electron chi connectivity index (χ2n) is 5.85. The number of aliphatic hydroxyl groups excluding tert-OH is 1. The summed E-state index contributed by atoms with van der Waals surface area (Å²) >= 11 is 0. The number of benzene rings is 1. The van der Waals surface area contributed by atoms with Crippen LogP contribution in [0.15, 0.2) is 36.5 Å². The molecule has 1 aromatic carbocycles. The van der Waals surface area contributed by atoms with Gasteiger partial charge in [0, 0.05) is 24.8 Å². The topological polar surface area (TPSA) is 60.9 Å². The van der Waals surface area contributed by atoms with Crippen molar-refractivity contribution in [2.24, 2.45) is 5.92 Å². The fourth-order valence-electron chi connectivity index (χ4n) is 3.24. The van der Waals surface area contributed by atoms with Crippen LogP contribution >= 0.6 is 0 Å². The van der Waals surface area contributed by atoms with Crippen LogP contribution in [0.5, 0.6) is 0 Å². The van der Waals surface area contributed by atoms with Crippen LogP contribution in [0, 0.1) is 5.92 Å². The van der Waals surface area contributed by atoms with Crippen LogP contribution in [0.3, 0.4) is 0 Å². The highest BCUT2D eigenvalue weighted by molar-refractivity contribution is 5.62. The van der Waals surface area contributed by atoms with Gasteiger partial charge in [0.1, 0.15) is 0 Å². The first-order valence-corrected chi connectivity index (χ1v) is 7.80. The first-order valence-electron chi connectivity index (χ1n) is 7.80. The Morgan fingerprint density at radius 3 is 2.81 bits per heavy atom. The van der Waals surface area contributed by atoms with Crippen molar-refractivity contribution in [3.05, 3.63) is 42.1 Å². The van der Waals surface area contributed by atoms with Gasteiger partial charge in [-0.1, -0.05) is 43.2 Å². The van der Waals surface area contributed by atoms with E-state index in [1.807, 2.05) is 24.4 Å². The molecule has 2 atom stereocenters. The van der Waals surface area contributed by atoms with Gasteiger partial charge in [0.25, 0.3) is 0 Å². The number of nitrogens with zero attached hydrogens (tertiary/aromatic N) is 1. The third kappa shape index (κ3) is 3.34. The summed E-state index contributed by atoms with van der Waals surface area (Å²) in [6.07, 6.45) is 6.68. The smallest absolute Gasteiger partial charge is 0.0695 e. The van der Waals surface area contributed by atoms with Crippen LogP contribution in [-0.2, 0) is 6.54 Å². The van der Waals surface area contributed by atoms with Gasteiger partial charge in [0.15, 0.2) is 0 Å². The summed E-state index contributed by atoms with van der Waals surface area (Å²) < 4.78 is 0. The number of hydrogen-bond donors (Lipinski definition) is 3. The molecule has 1 saturated carbocycles. The number of rotatable bonds is 5. The summed E-state index contributed by atoms with van der Waals surface area (Å²) in [5, 5.41) is 20.4. The second kappa shape index (κ2) is 6.87. The van der Waals surface area contributed by atoms with E-state index in [-0.39, 0.29) is 6.61 Å². The van der Waals surface area contributed by atoms with E-state index in [0.717, 1.165) is 30.6 Å². The molecular formula is C17H23N3O. The van der Waals surface area contributed by atoms with Crippen LogP contribution < -0.4 is 5.32 Å². The maximum atomic E-state index is 9.49. The maximum Gasteiger partial charge on any atom is 0.0695 e. The first-order chi connectivity index (χ1) is 10.4. The number of nitrogens with one attached hydrogen (secondary N) is 2. The minimum absolute atomic E-state index is 0.286. The summed E-state index contributed by atoms with van der Waals surface area (Å²) in [6.45, 7) is 1.08. The van der Waals surface area contributed by atoms with Crippen LogP contribution in [0.1, 0.15) is 31.2 Å².